The Morgan fingerprint density at radius 3 is 2.35 bits per heavy atom. The fourth-order valence-electron chi connectivity index (χ4n) is 6.95. The third kappa shape index (κ3) is 5.44. The lowest BCUT2D eigenvalue weighted by Gasteiger charge is -2.41. The monoisotopic (exact) mass is 542 g/mol. The molecule has 1 N–H and O–H groups in total. The number of carbonyl (C=O) groups is 1. The molecule has 1 aromatic rings. The van der Waals surface area contributed by atoms with E-state index in [2.05, 4.69) is 15.4 Å². The second kappa shape index (κ2) is 9.84. The van der Waals surface area contributed by atoms with Crippen molar-refractivity contribution in [1.82, 2.24) is 19.7 Å². The Balaban J connectivity index is 0.986. The summed E-state index contributed by atoms with van der Waals surface area (Å²) in [6, 6.07) is 1.40. The lowest BCUT2D eigenvalue weighted by molar-refractivity contribution is -0.117. The number of ether oxygens (including phenoxy) is 1. The Hall–Kier alpha value is -1.63. The van der Waals surface area contributed by atoms with E-state index in [0.717, 1.165) is 38.8 Å². The van der Waals surface area contributed by atoms with Gasteiger partial charge in [0.1, 0.15) is 5.76 Å². The van der Waals surface area contributed by atoms with Crippen molar-refractivity contribution in [3.8, 4) is 0 Å². The average Bonchev–Trinajstić information content (AvgIpc) is 3.36. The summed E-state index contributed by atoms with van der Waals surface area (Å²) >= 11 is 0. The van der Waals surface area contributed by atoms with Crippen LogP contribution in [0.15, 0.2) is 10.6 Å². The highest BCUT2D eigenvalue weighted by atomic mass is 32.2. The maximum absolute atomic E-state index is 13.5. The van der Waals surface area contributed by atoms with Crippen LogP contribution >= 0.6 is 0 Å². The molecule has 37 heavy (non-hydrogen) atoms. The van der Waals surface area contributed by atoms with Crippen molar-refractivity contribution < 1.29 is 31.3 Å². The quantitative estimate of drug-likeness (QED) is 0.539. The van der Waals surface area contributed by atoms with Crippen LogP contribution in [0.25, 0.3) is 0 Å². The van der Waals surface area contributed by atoms with Crippen LogP contribution in [-0.2, 0) is 14.8 Å². The van der Waals surface area contributed by atoms with Gasteiger partial charge < -0.3 is 19.5 Å². The van der Waals surface area contributed by atoms with E-state index in [-0.39, 0.29) is 66.1 Å². The Labute approximate surface area is 216 Å². The summed E-state index contributed by atoms with van der Waals surface area (Å²) in [4.78, 5) is 15.0. The lowest BCUT2D eigenvalue weighted by atomic mass is 9.80. The molecule has 1 saturated carbocycles. The van der Waals surface area contributed by atoms with Crippen molar-refractivity contribution in [1.29, 1.82) is 0 Å². The Morgan fingerprint density at radius 2 is 1.76 bits per heavy atom. The zero-order valence-corrected chi connectivity index (χ0v) is 21.8. The minimum Gasteiger partial charge on any atom is -0.380 e. The summed E-state index contributed by atoms with van der Waals surface area (Å²) in [5.41, 5.74) is 0.252. The zero-order chi connectivity index (χ0) is 25.8. The molecule has 2 unspecified atom stereocenters. The van der Waals surface area contributed by atoms with E-state index in [9.17, 15) is 22.0 Å². The van der Waals surface area contributed by atoms with Gasteiger partial charge in [0.25, 0.3) is 5.91 Å². The molecule has 2 bridgehead atoms. The number of nitrogens with one attached hydrogen (secondary N) is 1. The number of nitrogens with zero attached hydrogens (tertiary/aromatic N) is 3. The van der Waals surface area contributed by atoms with Crippen molar-refractivity contribution in [2.24, 2.45) is 11.8 Å². The maximum Gasteiger partial charge on any atom is 0.273 e. The van der Waals surface area contributed by atoms with Crippen LogP contribution in [0, 0.1) is 11.8 Å². The predicted octanol–water partition coefficient (Wildman–Crippen LogP) is 2.60. The van der Waals surface area contributed by atoms with Crippen molar-refractivity contribution in [3.63, 3.8) is 0 Å². The van der Waals surface area contributed by atoms with Gasteiger partial charge in [-0.05, 0) is 63.5 Å². The third-order valence-electron chi connectivity index (χ3n) is 8.97. The van der Waals surface area contributed by atoms with E-state index >= 15 is 0 Å². The van der Waals surface area contributed by atoms with Gasteiger partial charge in [-0.2, -0.15) is 4.31 Å². The van der Waals surface area contributed by atoms with Gasteiger partial charge in [-0.15, -0.1) is 0 Å². The van der Waals surface area contributed by atoms with Gasteiger partial charge in [0.05, 0.1) is 24.9 Å². The highest BCUT2D eigenvalue weighted by Gasteiger charge is 2.48. The Bertz CT molecular complexity index is 1080. The van der Waals surface area contributed by atoms with E-state index < -0.39 is 15.9 Å². The molecule has 4 aliphatic heterocycles. The van der Waals surface area contributed by atoms with E-state index in [1.165, 1.54) is 0 Å². The summed E-state index contributed by atoms with van der Waals surface area (Å²) < 4.78 is 65.4. The van der Waals surface area contributed by atoms with Gasteiger partial charge >= 0.3 is 0 Å². The molecular formula is C25H36F2N4O5S. The highest BCUT2D eigenvalue weighted by Crippen LogP contribution is 2.43. The first kappa shape index (κ1) is 25.6. The molecule has 6 rings (SSSR count). The number of amides is 1. The van der Waals surface area contributed by atoms with Crippen LogP contribution in [0.3, 0.4) is 0 Å². The Kier molecular flexibility index (Phi) is 6.82. The smallest absolute Gasteiger partial charge is 0.273 e. The summed E-state index contributed by atoms with van der Waals surface area (Å²) in [6.45, 7) is 3.41. The molecule has 1 amide bonds. The number of fused-ring (bicyclic) bond motifs is 2. The lowest BCUT2D eigenvalue weighted by Crippen LogP contribution is -2.53. The number of hydrogen-bond acceptors (Lipinski definition) is 7. The maximum atomic E-state index is 13.5. The second-order valence-corrected chi connectivity index (χ2v) is 13.8. The molecule has 0 radical (unpaired) electrons. The standard InChI is InChI=1S/C25H36F2N4O5S/c26-25(27)10-17(11-25)12-30-5-3-16(4-6-30)15-37(33,34)31-20-1-2-21(31)8-19(7-20)28-24(32)22-9-23(36-29-22)18-13-35-14-18/h9,16-21H,1-8,10-15H2,(H,28,32). The summed E-state index contributed by atoms with van der Waals surface area (Å²) in [5, 5.41) is 6.95. The number of aromatic nitrogens is 1. The summed E-state index contributed by atoms with van der Waals surface area (Å²) in [6.07, 6.45) is 4.38. The second-order valence-electron chi connectivity index (χ2n) is 11.9. The molecule has 12 heteroatoms. The number of halogens is 2. The van der Waals surface area contributed by atoms with Gasteiger partial charge in [-0.1, -0.05) is 5.16 Å². The highest BCUT2D eigenvalue weighted by molar-refractivity contribution is 7.89. The number of likely N-dealkylation sites (tertiary alicyclic amines) is 1. The first-order chi connectivity index (χ1) is 17.6. The van der Waals surface area contributed by atoms with E-state index in [4.69, 9.17) is 9.26 Å². The fraction of sp³-hybridized carbons (Fsp3) is 0.840. The fourth-order valence-corrected chi connectivity index (χ4v) is 9.35. The third-order valence-corrected chi connectivity index (χ3v) is 11.1. The molecule has 5 fully saturated rings. The van der Waals surface area contributed by atoms with Crippen LogP contribution in [0.5, 0.6) is 0 Å². The topological polar surface area (TPSA) is 105 Å². The molecule has 0 aromatic carbocycles. The number of alkyl halides is 2. The predicted molar refractivity (Wildman–Crippen MR) is 130 cm³/mol. The minimum atomic E-state index is -3.41. The van der Waals surface area contributed by atoms with E-state index in [0.29, 0.717) is 38.4 Å². The molecule has 4 saturated heterocycles. The molecular weight excluding hydrogens is 506 g/mol. The molecule has 1 aromatic heterocycles. The van der Waals surface area contributed by atoms with Crippen LogP contribution in [-0.4, -0.2) is 91.3 Å². The number of piperidine rings is 2. The van der Waals surface area contributed by atoms with Crippen molar-refractivity contribution in [2.45, 2.75) is 81.3 Å². The SMILES string of the molecule is O=C(NC1CC2CCC(C1)N2S(=O)(=O)CC1CCN(CC2CC(F)(F)C2)CC1)c1cc(C2COC2)on1. The largest absolute Gasteiger partial charge is 0.380 e. The van der Waals surface area contributed by atoms with Crippen molar-refractivity contribution in [3.05, 3.63) is 17.5 Å². The first-order valence-electron chi connectivity index (χ1n) is 13.6. The van der Waals surface area contributed by atoms with Crippen LogP contribution in [0.1, 0.15) is 73.5 Å². The normalized spacial score (nSPS) is 31.7. The van der Waals surface area contributed by atoms with E-state index in [1.807, 2.05) is 0 Å². The molecule has 206 valence electrons. The van der Waals surface area contributed by atoms with Gasteiger partial charge in [0.2, 0.25) is 15.9 Å². The van der Waals surface area contributed by atoms with Crippen molar-refractivity contribution >= 4 is 15.9 Å². The molecule has 0 spiro atoms. The van der Waals surface area contributed by atoms with Crippen LogP contribution in [0.2, 0.25) is 0 Å². The molecule has 5 heterocycles. The van der Waals surface area contributed by atoms with Gasteiger partial charge in [0, 0.05) is 43.6 Å². The Morgan fingerprint density at radius 1 is 1.08 bits per heavy atom. The number of sulfonamides is 1. The summed E-state index contributed by atoms with van der Waals surface area (Å²) in [7, 11) is -3.41. The van der Waals surface area contributed by atoms with Gasteiger partial charge in [-0.25, -0.2) is 17.2 Å². The number of carbonyl (C=O) groups excluding carboxylic acids is 1. The number of hydrogen-bond donors (Lipinski definition) is 1. The molecule has 5 aliphatic rings. The van der Waals surface area contributed by atoms with Crippen molar-refractivity contribution in [2.75, 3.05) is 38.6 Å². The van der Waals surface area contributed by atoms with E-state index in [1.54, 1.807) is 10.4 Å². The average molecular weight is 543 g/mol. The van der Waals surface area contributed by atoms with Crippen LogP contribution in [0.4, 0.5) is 8.78 Å². The van der Waals surface area contributed by atoms with Gasteiger partial charge in [-0.3, -0.25) is 4.79 Å². The van der Waals surface area contributed by atoms with Gasteiger partial charge in [0.15, 0.2) is 5.69 Å². The summed E-state index contributed by atoms with van der Waals surface area (Å²) in [5.74, 6) is -1.64. The molecule has 2 atom stereocenters. The minimum absolute atomic E-state index is 0.0178. The zero-order valence-electron chi connectivity index (χ0n) is 21.0. The molecule has 1 aliphatic carbocycles. The molecule has 9 nitrogen and oxygen atoms in total. The first-order valence-corrected chi connectivity index (χ1v) is 15.2. The van der Waals surface area contributed by atoms with Crippen LogP contribution < -0.4 is 5.32 Å². The number of rotatable bonds is 8.